The van der Waals surface area contributed by atoms with Gasteiger partial charge in [0.1, 0.15) is 13.2 Å². The molecule has 5 rings (SSSR count). The molecule has 3 aromatic carbocycles. The fraction of sp³-hybridized carbons (Fsp3) is 0.156. The van der Waals surface area contributed by atoms with Crippen LogP contribution in [0, 0.1) is 0 Å². The zero-order valence-electron chi connectivity index (χ0n) is 22.8. The third-order valence-electron chi connectivity index (χ3n) is 6.56. The maximum absolute atomic E-state index is 14.0. The van der Waals surface area contributed by atoms with Crippen molar-refractivity contribution in [3.8, 4) is 11.5 Å². The van der Waals surface area contributed by atoms with Gasteiger partial charge in [0.25, 0.3) is 5.56 Å². The molecule has 0 spiro atoms. The summed E-state index contributed by atoms with van der Waals surface area (Å²) >= 11 is 13.7. The van der Waals surface area contributed by atoms with E-state index in [-0.39, 0.29) is 24.3 Å². The van der Waals surface area contributed by atoms with Crippen molar-refractivity contribution >= 4 is 46.6 Å². The maximum Gasteiger partial charge on any atom is 0.338 e. The molecule has 214 valence electrons. The number of halogens is 2. The number of rotatable bonds is 9. The highest BCUT2D eigenvalue weighted by molar-refractivity contribution is 7.07. The van der Waals surface area contributed by atoms with Crippen LogP contribution in [0.4, 0.5) is 0 Å². The van der Waals surface area contributed by atoms with Crippen LogP contribution < -0.4 is 24.4 Å². The van der Waals surface area contributed by atoms with Crippen molar-refractivity contribution in [2.24, 2.45) is 4.99 Å². The molecule has 0 bridgehead atoms. The molecule has 1 unspecified atom stereocenters. The second-order valence-corrected chi connectivity index (χ2v) is 11.2. The summed E-state index contributed by atoms with van der Waals surface area (Å²) in [5.41, 5.74) is 2.45. The molecule has 42 heavy (non-hydrogen) atoms. The highest BCUT2D eigenvalue weighted by Gasteiger charge is 2.34. The van der Waals surface area contributed by atoms with Crippen LogP contribution in [0.15, 0.2) is 100 Å². The molecule has 0 saturated heterocycles. The van der Waals surface area contributed by atoms with E-state index in [9.17, 15) is 9.59 Å². The number of carbonyl (C=O) groups is 1. The van der Waals surface area contributed by atoms with E-state index in [0.717, 1.165) is 5.56 Å². The predicted octanol–water partition coefficient (Wildman–Crippen LogP) is 5.86. The predicted molar refractivity (Wildman–Crippen MR) is 165 cm³/mol. The molecule has 1 aliphatic rings. The number of fused-ring (bicyclic) bond motifs is 1. The van der Waals surface area contributed by atoms with Gasteiger partial charge < -0.3 is 14.2 Å². The van der Waals surface area contributed by atoms with Crippen LogP contribution in [0.5, 0.6) is 11.5 Å². The maximum atomic E-state index is 14.0. The minimum Gasteiger partial charge on any atom is -0.493 e. The second kappa shape index (κ2) is 12.8. The summed E-state index contributed by atoms with van der Waals surface area (Å²) in [7, 11) is 1.53. The molecule has 2 heterocycles. The van der Waals surface area contributed by atoms with Gasteiger partial charge in [-0.25, -0.2) is 9.79 Å². The number of thiazole rings is 1. The lowest BCUT2D eigenvalue weighted by atomic mass is 9.95. The third kappa shape index (κ3) is 6.06. The lowest BCUT2D eigenvalue weighted by molar-refractivity contribution is -0.140. The molecule has 0 N–H and O–H groups in total. The molecular formula is C32H26Cl2N2O5S. The standard InChI is InChI=1S/C32H26Cl2N2O5S/c1-4-14-40-25-13-11-22(15-26(25)39-3)29-28(31(38)41-18-20-8-6-5-7-9-20)19(2)35-32-36(29)30(37)27(42-32)16-21-10-12-23(33)17-24(21)34/h4-13,15-17,29H,1,14,18H2,2-3H3/b27-16-. The Labute approximate surface area is 256 Å². The first-order chi connectivity index (χ1) is 20.3. The van der Waals surface area contributed by atoms with Crippen LogP contribution in [0.2, 0.25) is 10.0 Å². The van der Waals surface area contributed by atoms with E-state index in [4.69, 9.17) is 37.4 Å². The number of nitrogens with zero attached hydrogens (tertiary/aromatic N) is 2. The van der Waals surface area contributed by atoms with Crippen molar-refractivity contribution < 1.29 is 19.0 Å². The van der Waals surface area contributed by atoms with E-state index < -0.39 is 12.0 Å². The molecule has 0 radical (unpaired) electrons. The second-order valence-electron chi connectivity index (χ2n) is 9.32. The number of aromatic nitrogens is 1. The highest BCUT2D eigenvalue weighted by Crippen LogP contribution is 2.36. The van der Waals surface area contributed by atoms with E-state index in [1.165, 1.54) is 23.0 Å². The molecular weight excluding hydrogens is 595 g/mol. The normalized spacial score (nSPS) is 14.7. The first-order valence-corrected chi connectivity index (χ1v) is 14.5. The summed E-state index contributed by atoms with van der Waals surface area (Å²) in [4.78, 5) is 32.7. The van der Waals surface area contributed by atoms with Crippen LogP contribution in [0.1, 0.15) is 29.7 Å². The highest BCUT2D eigenvalue weighted by atomic mass is 35.5. The molecule has 4 aromatic rings. The number of carbonyl (C=O) groups excluding carboxylic acids is 1. The van der Waals surface area contributed by atoms with Gasteiger partial charge in [-0.05, 0) is 54.0 Å². The summed E-state index contributed by atoms with van der Waals surface area (Å²) in [5, 5.41) is 0.897. The van der Waals surface area contributed by atoms with E-state index in [0.29, 0.717) is 47.7 Å². The van der Waals surface area contributed by atoms with E-state index in [1.54, 1.807) is 55.5 Å². The van der Waals surface area contributed by atoms with Gasteiger partial charge in [-0.2, -0.15) is 0 Å². The van der Waals surface area contributed by atoms with Crippen molar-refractivity contribution in [2.75, 3.05) is 13.7 Å². The van der Waals surface area contributed by atoms with Crippen LogP contribution in [0.3, 0.4) is 0 Å². The Morgan fingerprint density at radius 3 is 2.60 bits per heavy atom. The Kier molecular flexibility index (Phi) is 8.97. The van der Waals surface area contributed by atoms with Gasteiger partial charge in [0.15, 0.2) is 16.3 Å². The molecule has 1 aromatic heterocycles. The minimum absolute atomic E-state index is 0.0698. The van der Waals surface area contributed by atoms with E-state index in [2.05, 4.69) is 11.6 Å². The van der Waals surface area contributed by atoms with Crippen molar-refractivity contribution in [1.82, 2.24) is 4.57 Å². The zero-order chi connectivity index (χ0) is 29.8. The SMILES string of the molecule is C=CCOc1ccc(C2C(C(=O)OCc3ccccc3)=C(C)N=c3s/c(=C\c4ccc(Cl)cc4Cl)c(=O)n32)cc1OC. The van der Waals surface area contributed by atoms with Gasteiger partial charge >= 0.3 is 5.97 Å². The number of esters is 1. The monoisotopic (exact) mass is 620 g/mol. The Morgan fingerprint density at radius 1 is 1.10 bits per heavy atom. The van der Waals surface area contributed by atoms with E-state index >= 15 is 0 Å². The molecule has 0 aliphatic carbocycles. The summed E-state index contributed by atoms with van der Waals surface area (Å²) < 4.78 is 19.0. The Morgan fingerprint density at radius 2 is 1.88 bits per heavy atom. The van der Waals surface area contributed by atoms with Crippen molar-refractivity contribution in [2.45, 2.75) is 19.6 Å². The summed E-state index contributed by atoms with van der Waals surface area (Å²) in [6.07, 6.45) is 3.32. The number of hydrogen-bond donors (Lipinski definition) is 0. The number of benzene rings is 3. The summed E-state index contributed by atoms with van der Waals surface area (Å²) in [6.45, 7) is 5.78. The number of methoxy groups -OCH3 is 1. The van der Waals surface area contributed by atoms with Gasteiger partial charge in [-0.15, -0.1) is 0 Å². The number of hydrogen-bond acceptors (Lipinski definition) is 7. The summed E-state index contributed by atoms with van der Waals surface area (Å²) in [5.74, 6) is 0.363. The van der Waals surface area contributed by atoms with E-state index in [1.807, 2.05) is 30.3 Å². The number of ether oxygens (including phenoxy) is 3. The Bertz CT molecular complexity index is 1880. The molecule has 1 atom stereocenters. The first kappa shape index (κ1) is 29.4. The average molecular weight is 622 g/mol. The lowest BCUT2D eigenvalue weighted by Gasteiger charge is -2.25. The van der Waals surface area contributed by atoms with Crippen LogP contribution in [-0.2, 0) is 16.1 Å². The lowest BCUT2D eigenvalue weighted by Crippen LogP contribution is -2.39. The van der Waals surface area contributed by atoms with Crippen LogP contribution >= 0.6 is 34.5 Å². The quantitative estimate of drug-likeness (QED) is 0.173. The van der Waals surface area contributed by atoms with Gasteiger partial charge in [0, 0.05) is 10.0 Å². The average Bonchev–Trinajstić information content (AvgIpc) is 3.29. The number of allylic oxidation sites excluding steroid dienone is 1. The van der Waals surface area contributed by atoms with Gasteiger partial charge in [0.2, 0.25) is 0 Å². The topological polar surface area (TPSA) is 79.1 Å². The van der Waals surface area contributed by atoms with Gasteiger partial charge in [0.05, 0.1) is 29.0 Å². The van der Waals surface area contributed by atoms with Gasteiger partial charge in [-0.1, -0.05) is 89.7 Å². The molecule has 0 amide bonds. The van der Waals surface area contributed by atoms with Crippen molar-refractivity contribution in [3.63, 3.8) is 0 Å². The Hall–Kier alpha value is -4.11. The molecule has 10 heteroatoms. The zero-order valence-corrected chi connectivity index (χ0v) is 25.1. The fourth-order valence-electron chi connectivity index (χ4n) is 4.58. The Balaban J connectivity index is 1.65. The molecule has 0 saturated carbocycles. The van der Waals surface area contributed by atoms with Crippen molar-refractivity contribution in [3.05, 3.63) is 137 Å². The third-order valence-corrected chi connectivity index (χ3v) is 8.11. The molecule has 7 nitrogen and oxygen atoms in total. The minimum atomic E-state index is -0.838. The smallest absolute Gasteiger partial charge is 0.338 e. The fourth-order valence-corrected chi connectivity index (χ4v) is 6.08. The summed E-state index contributed by atoms with van der Waals surface area (Å²) in [6, 6.07) is 18.9. The van der Waals surface area contributed by atoms with Crippen molar-refractivity contribution in [1.29, 1.82) is 0 Å². The largest absolute Gasteiger partial charge is 0.493 e. The molecule has 1 aliphatic heterocycles. The molecule has 0 fully saturated rings. The van der Waals surface area contributed by atoms with Gasteiger partial charge in [-0.3, -0.25) is 9.36 Å². The van der Waals surface area contributed by atoms with Crippen LogP contribution in [0.25, 0.3) is 6.08 Å². The first-order valence-electron chi connectivity index (χ1n) is 12.9. The van der Waals surface area contributed by atoms with Crippen LogP contribution in [-0.4, -0.2) is 24.3 Å².